The first-order chi connectivity index (χ1) is 14.5. The molecular formula is C24H27N3O3. The van der Waals surface area contributed by atoms with E-state index in [1.807, 2.05) is 24.0 Å². The third kappa shape index (κ3) is 3.48. The van der Waals surface area contributed by atoms with E-state index >= 15 is 0 Å². The highest BCUT2D eigenvalue weighted by Gasteiger charge is 2.42. The number of hydrogen-bond acceptors (Lipinski definition) is 4. The van der Waals surface area contributed by atoms with Crippen molar-refractivity contribution in [3.8, 4) is 17.0 Å². The summed E-state index contributed by atoms with van der Waals surface area (Å²) in [6.45, 7) is 5.26. The number of aromatic amines is 1. The van der Waals surface area contributed by atoms with Gasteiger partial charge in [-0.15, -0.1) is 0 Å². The van der Waals surface area contributed by atoms with Crippen molar-refractivity contribution >= 4 is 5.91 Å². The highest BCUT2D eigenvalue weighted by Crippen LogP contribution is 2.44. The molecule has 0 fully saturated rings. The van der Waals surface area contributed by atoms with Gasteiger partial charge < -0.3 is 14.7 Å². The fraction of sp³-hybridized carbons (Fsp3) is 0.333. The van der Waals surface area contributed by atoms with Crippen LogP contribution in [0.2, 0.25) is 0 Å². The maximum absolute atomic E-state index is 13.2. The Morgan fingerprint density at radius 1 is 1.20 bits per heavy atom. The molecule has 2 aromatic carbocycles. The Morgan fingerprint density at radius 2 is 1.97 bits per heavy atom. The number of nitrogens with zero attached hydrogens (tertiary/aromatic N) is 2. The molecule has 30 heavy (non-hydrogen) atoms. The molecule has 6 nitrogen and oxygen atoms in total. The number of methoxy groups -OCH3 is 1. The number of ether oxygens (including phenoxy) is 1. The molecule has 2 heterocycles. The van der Waals surface area contributed by atoms with Crippen LogP contribution in [0.25, 0.3) is 11.3 Å². The Bertz CT molecular complexity index is 1060. The van der Waals surface area contributed by atoms with Crippen LogP contribution >= 0.6 is 0 Å². The van der Waals surface area contributed by atoms with Crippen LogP contribution < -0.4 is 0 Å². The van der Waals surface area contributed by atoms with E-state index in [1.165, 1.54) is 5.56 Å². The summed E-state index contributed by atoms with van der Waals surface area (Å²) >= 11 is 0. The quantitative estimate of drug-likeness (QED) is 0.577. The van der Waals surface area contributed by atoms with Crippen molar-refractivity contribution in [2.45, 2.75) is 32.7 Å². The van der Waals surface area contributed by atoms with Gasteiger partial charge >= 0.3 is 0 Å². The second-order valence-corrected chi connectivity index (χ2v) is 7.72. The van der Waals surface area contributed by atoms with E-state index in [4.69, 9.17) is 4.74 Å². The number of rotatable bonds is 7. The van der Waals surface area contributed by atoms with Gasteiger partial charge in [0.1, 0.15) is 17.1 Å². The minimum Gasteiger partial charge on any atom is -0.507 e. The number of hydrogen-bond donors (Lipinski definition) is 2. The predicted octanol–water partition coefficient (Wildman–Crippen LogP) is 4.23. The van der Waals surface area contributed by atoms with Crippen molar-refractivity contribution in [3.05, 3.63) is 70.4 Å². The number of aromatic nitrogens is 2. The van der Waals surface area contributed by atoms with E-state index in [-0.39, 0.29) is 17.7 Å². The van der Waals surface area contributed by atoms with Crippen molar-refractivity contribution in [1.29, 1.82) is 0 Å². The number of aromatic hydroxyl groups is 1. The van der Waals surface area contributed by atoms with Gasteiger partial charge in [0.2, 0.25) is 0 Å². The lowest BCUT2D eigenvalue weighted by Gasteiger charge is -2.26. The third-order valence-corrected chi connectivity index (χ3v) is 5.72. The average Bonchev–Trinajstić information content (AvgIpc) is 3.29. The van der Waals surface area contributed by atoms with Gasteiger partial charge in [-0.3, -0.25) is 9.89 Å². The fourth-order valence-electron chi connectivity index (χ4n) is 4.13. The topological polar surface area (TPSA) is 78.5 Å². The minimum atomic E-state index is -0.260. The zero-order valence-corrected chi connectivity index (χ0v) is 17.6. The van der Waals surface area contributed by atoms with Crippen LogP contribution in [0.4, 0.5) is 0 Å². The minimum absolute atomic E-state index is 0.0726. The maximum atomic E-state index is 13.2. The number of nitrogens with one attached hydrogen (secondary N) is 1. The second-order valence-electron chi connectivity index (χ2n) is 7.72. The zero-order chi connectivity index (χ0) is 21.3. The van der Waals surface area contributed by atoms with Crippen molar-refractivity contribution in [1.82, 2.24) is 15.1 Å². The predicted molar refractivity (Wildman–Crippen MR) is 116 cm³/mol. The summed E-state index contributed by atoms with van der Waals surface area (Å²) in [5.41, 5.74) is 5.87. The van der Waals surface area contributed by atoms with E-state index in [9.17, 15) is 9.90 Å². The van der Waals surface area contributed by atoms with E-state index in [2.05, 4.69) is 41.4 Å². The molecule has 0 bridgehead atoms. The number of aryl methyl sites for hydroxylation is 2. The number of phenolic OH excluding ortho intramolecular Hbond substituents is 1. The number of fused-ring (bicyclic) bond motifs is 1. The Morgan fingerprint density at radius 3 is 2.67 bits per heavy atom. The van der Waals surface area contributed by atoms with Gasteiger partial charge in [-0.2, -0.15) is 5.10 Å². The first kappa shape index (κ1) is 20.2. The Labute approximate surface area is 176 Å². The fourth-order valence-corrected chi connectivity index (χ4v) is 4.13. The molecule has 1 aliphatic rings. The monoisotopic (exact) mass is 405 g/mol. The molecule has 0 aliphatic carbocycles. The summed E-state index contributed by atoms with van der Waals surface area (Å²) in [6.07, 6.45) is 1.70. The molecule has 156 valence electrons. The van der Waals surface area contributed by atoms with Crippen LogP contribution in [0.5, 0.6) is 5.75 Å². The Balaban J connectivity index is 1.84. The molecule has 3 aromatic rings. The molecule has 0 saturated carbocycles. The van der Waals surface area contributed by atoms with Crippen LogP contribution in [0, 0.1) is 6.92 Å². The maximum Gasteiger partial charge on any atom is 0.273 e. The molecule has 1 amide bonds. The molecule has 2 N–H and O–H groups in total. The number of carbonyl (C=O) groups is 1. The molecule has 1 atom stereocenters. The van der Waals surface area contributed by atoms with Crippen LogP contribution in [0.1, 0.15) is 52.1 Å². The molecule has 4 rings (SSSR count). The zero-order valence-electron chi connectivity index (χ0n) is 17.6. The molecule has 1 aromatic heterocycles. The molecule has 1 aliphatic heterocycles. The highest BCUT2D eigenvalue weighted by atomic mass is 16.5. The molecule has 0 spiro atoms. The number of amides is 1. The molecule has 0 unspecified atom stereocenters. The lowest BCUT2D eigenvalue weighted by molar-refractivity contribution is 0.0723. The largest absolute Gasteiger partial charge is 0.507 e. The van der Waals surface area contributed by atoms with Crippen LogP contribution in [0.15, 0.2) is 42.5 Å². The first-order valence-electron chi connectivity index (χ1n) is 10.3. The first-order valence-corrected chi connectivity index (χ1v) is 10.3. The summed E-state index contributed by atoms with van der Waals surface area (Å²) in [6, 6.07) is 13.6. The highest BCUT2D eigenvalue weighted by molar-refractivity contribution is 6.00. The normalized spacial score (nSPS) is 15.6. The summed E-state index contributed by atoms with van der Waals surface area (Å²) in [7, 11) is 1.66. The lowest BCUT2D eigenvalue weighted by Crippen LogP contribution is -2.31. The van der Waals surface area contributed by atoms with Crippen LogP contribution in [0.3, 0.4) is 0 Å². The number of H-pyrrole nitrogens is 1. The van der Waals surface area contributed by atoms with Crippen LogP contribution in [-0.4, -0.2) is 46.4 Å². The Kier molecular flexibility index (Phi) is 5.59. The molecule has 6 heteroatoms. The van der Waals surface area contributed by atoms with E-state index in [0.717, 1.165) is 29.5 Å². The summed E-state index contributed by atoms with van der Waals surface area (Å²) in [5, 5.41) is 17.9. The van der Waals surface area contributed by atoms with Crippen LogP contribution in [-0.2, 0) is 11.2 Å². The Hall–Kier alpha value is -3.12. The van der Waals surface area contributed by atoms with E-state index in [1.54, 1.807) is 13.2 Å². The second kappa shape index (κ2) is 8.32. The summed E-state index contributed by atoms with van der Waals surface area (Å²) in [4.78, 5) is 15.1. The van der Waals surface area contributed by atoms with Gasteiger partial charge in [0.05, 0.1) is 6.04 Å². The van der Waals surface area contributed by atoms with Gasteiger partial charge in [0.25, 0.3) is 5.91 Å². The van der Waals surface area contributed by atoms with Gasteiger partial charge in [-0.1, -0.05) is 42.8 Å². The lowest BCUT2D eigenvalue weighted by atomic mass is 9.94. The third-order valence-electron chi connectivity index (χ3n) is 5.72. The molecular weight excluding hydrogens is 378 g/mol. The van der Waals surface area contributed by atoms with Crippen molar-refractivity contribution in [2.24, 2.45) is 0 Å². The SMILES string of the molecule is CCc1ccc([C@H]2c3c(-c4cc(C)ccc4O)n[nH]c3C(=O)N2CCCOC)cc1. The number of carbonyl (C=O) groups excluding carboxylic acids is 1. The van der Waals surface area contributed by atoms with Gasteiger partial charge in [-0.05, 0) is 43.0 Å². The van der Waals surface area contributed by atoms with Crippen molar-refractivity contribution < 1.29 is 14.6 Å². The van der Waals surface area contributed by atoms with E-state index in [0.29, 0.717) is 30.1 Å². The van der Waals surface area contributed by atoms with Gasteiger partial charge in [0, 0.05) is 31.4 Å². The van der Waals surface area contributed by atoms with Crippen molar-refractivity contribution in [3.63, 3.8) is 0 Å². The molecule has 0 saturated heterocycles. The van der Waals surface area contributed by atoms with E-state index < -0.39 is 0 Å². The van der Waals surface area contributed by atoms with Gasteiger partial charge in [0.15, 0.2) is 0 Å². The summed E-state index contributed by atoms with van der Waals surface area (Å²) in [5.74, 6) is 0.0804. The van der Waals surface area contributed by atoms with Gasteiger partial charge in [-0.25, -0.2) is 0 Å². The van der Waals surface area contributed by atoms with Crippen molar-refractivity contribution in [2.75, 3.05) is 20.3 Å². The average molecular weight is 405 g/mol. The smallest absolute Gasteiger partial charge is 0.273 e. The number of benzene rings is 2. The summed E-state index contributed by atoms with van der Waals surface area (Å²) < 4.78 is 5.20. The number of phenols is 1. The molecule has 0 radical (unpaired) electrons. The standard InChI is InChI=1S/C24H27N3O3/c1-4-16-7-9-17(10-8-16)23-20-21(18-14-15(2)6-11-19(18)28)25-26-22(20)24(29)27(23)12-5-13-30-3/h6-11,14,23,28H,4-5,12-13H2,1-3H3,(H,25,26)/t23-/m0/s1.